The number of hydrogen-bond donors (Lipinski definition) is 1. The summed E-state index contributed by atoms with van der Waals surface area (Å²) < 4.78 is 0. The van der Waals surface area contributed by atoms with E-state index in [1.165, 1.54) is 25.7 Å². The molecule has 0 radical (unpaired) electrons. The van der Waals surface area contributed by atoms with Gasteiger partial charge in [0.1, 0.15) is 5.78 Å². The number of carbonyl (C=O) groups excluding carboxylic acids is 1. The Balaban J connectivity index is 2.75. The first kappa shape index (κ1) is 22.4. The summed E-state index contributed by atoms with van der Waals surface area (Å²) in [7, 11) is 0. The standard InChI is InChI=1S/C23H42O2/c1-5-7-9-10-11-13-14-20-19(18(3)4)16-17-22(25)23(20)21(24)15-12-8-6-2/h13-14,18-21,23-24H,5-12,15-17H2,1-4H3/b14-13+/t19-,20-,21?,23-/m0/s1. The lowest BCUT2D eigenvalue weighted by atomic mass is 9.65. The molecular weight excluding hydrogens is 308 g/mol. The van der Waals surface area contributed by atoms with Crippen LogP contribution in [-0.2, 0) is 4.79 Å². The SMILES string of the molecule is CCCCCC/C=C/[C@@H]1[C@@H](C(O)CCCCC)C(=O)CC[C@H]1C(C)C. The van der Waals surface area contributed by atoms with Gasteiger partial charge in [0, 0.05) is 6.42 Å². The molecule has 0 heterocycles. The van der Waals surface area contributed by atoms with Crippen LogP contribution in [0.4, 0.5) is 0 Å². The van der Waals surface area contributed by atoms with Gasteiger partial charge in [0.05, 0.1) is 12.0 Å². The zero-order chi connectivity index (χ0) is 18.7. The number of aliphatic hydroxyl groups excluding tert-OH is 1. The molecule has 1 saturated carbocycles. The second-order valence-corrected chi connectivity index (χ2v) is 8.36. The summed E-state index contributed by atoms with van der Waals surface area (Å²) in [5.74, 6) is 1.43. The average Bonchev–Trinajstić information content (AvgIpc) is 2.57. The maximum absolute atomic E-state index is 12.6. The molecule has 1 fully saturated rings. The van der Waals surface area contributed by atoms with Gasteiger partial charge in [-0.1, -0.05) is 78.4 Å². The number of hydrogen-bond acceptors (Lipinski definition) is 2. The van der Waals surface area contributed by atoms with Gasteiger partial charge in [0.2, 0.25) is 0 Å². The van der Waals surface area contributed by atoms with E-state index < -0.39 is 6.10 Å². The highest BCUT2D eigenvalue weighted by Gasteiger charge is 2.41. The Morgan fingerprint density at radius 3 is 2.40 bits per heavy atom. The molecular formula is C23H42O2. The molecule has 1 aliphatic carbocycles. The molecule has 0 aromatic rings. The van der Waals surface area contributed by atoms with Gasteiger partial charge in [-0.15, -0.1) is 0 Å². The highest BCUT2D eigenvalue weighted by atomic mass is 16.3. The van der Waals surface area contributed by atoms with Crippen molar-refractivity contribution >= 4 is 5.78 Å². The topological polar surface area (TPSA) is 37.3 Å². The van der Waals surface area contributed by atoms with E-state index in [2.05, 4.69) is 39.8 Å². The second kappa shape index (κ2) is 12.7. The third-order valence-corrected chi connectivity index (χ3v) is 5.96. The minimum Gasteiger partial charge on any atom is -0.392 e. The summed E-state index contributed by atoms with van der Waals surface area (Å²) in [4.78, 5) is 12.6. The Bertz CT molecular complexity index is 386. The van der Waals surface area contributed by atoms with Crippen LogP contribution in [0.1, 0.15) is 98.3 Å². The lowest BCUT2D eigenvalue weighted by Gasteiger charge is -2.40. The lowest BCUT2D eigenvalue weighted by Crippen LogP contribution is -2.42. The van der Waals surface area contributed by atoms with Crippen molar-refractivity contribution in [2.45, 2.75) is 104 Å². The summed E-state index contributed by atoms with van der Waals surface area (Å²) >= 11 is 0. The Labute approximate surface area is 156 Å². The molecule has 0 aromatic carbocycles. The van der Waals surface area contributed by atoms with Gasteiger partial charge in [-0.3, -0.25) is 4.79 Å². The molecule has 1 unspecified atom stereocenters. The van der Waals surface area contributed by atoms with E-state index in [1.54, 1.807) is 0 Å². The van der Waals surface area contributed by atoms with E-state index in [4.69, 9.17) is 0 Å². The molecule has 0 spiro atoms. The molecule has 2 nitrogen and oxygen atoms in total. The van der Waals surface area contributed by atoms with Crippen molar-refractivity contribution in [3.63, 3.8) is 0 Å². The largest absolute Gasteiger partial charge is 0.392 e. The predicted molar refractivity (Wildman–Crippen MR) is 108 cm³/mol. The number of aliphatic hydroxyl groups is 1. The number of Topliss-reactive ketones (excluding diaryl/α,β-unsaturated/α-hetero) is 1. The molecule has 0 aliphatic heterocycles. The van der Waals surface area contributed by atoms with Crippen LogP contribution in [0.15, 0.2) is 12.2 Å². The third-order valence-electron chi connectivity index (χ3n) is 5.96. The van der Waals surface area contributed by atoms with Crippen LogP contribution in [0, 0.1) is 23.7 Å². The number of ketones is 1. The Hall–Kier alpha value is -0.630. The third kappa shape index (κ3) is 7.64. The van der Waals surface area contributed by atoms with E-state index in [-0.39, 0.29) is 11.8 Å². The van der Waals surface area contributed by atoms with Crippen LogP contribution in [0.5, 0.6) is 0 Å². The first-order chi connectivity index (χ1) is 12.0. The number of carbonyl (C=O) groups is 1. The van der Waals surface area contributed by atoms with E-state index in [1.807, 2.05) is 0 Å². The fraction of sp³-hybridized carbons (Fsp3) is 0.870. The molecule has 2 heteroatoms. The van der Waals surface area contributed by atoms with Gasteiger partial charge in [-0.25, -0.2) is 0 Å². The van der Waals surface area contributed by atoms with Crippen LogP contribution in [0.25, 0.3) is 0 Å². The van der Waals surface area contributed by atoms with Crippen molar-refractivity contribution in [2.24, 2.45) is 23.7 Å². The van der Waals surface area contributed by atoms with Crippen molar-refractivity contribution in [1.82, 2.24) is 0 Å². The summed E-state index contributed by atoms with van der Waals surface area (Å²) in [5, 5.41) is 10.8. The molecule has 4 atom stereocenters. The van der Waals surface area contributed by atoms with Gasteiger partial charge < -0.3 is 5.11 Å². The normalized spacial score (nSPS) is 25.8. The van der Waals surface area contributed by atoms with Crippen molar-refractivity contribution in [2.75, 3.05) is 0 Å². The molecule has 1 rings (SSSR count). The maximum atomic E-state index is 12.6. The lowest BCUT2D eigenvalue weighted by molar-refractivity contribution is -0.133. The highest BCUT2D eigenvalue weighted by Crippen LogP contribution is 2.40. The van der Waals surface area contributed by atoms with Crippen molar-refractivity contribution in [3.05, 3.63) is 12.2 Å². The minimum absolute atomic E-state index is 0.176. The van der Waals surface area contributed by atoms with Gasteiger partial charge in [0.25, 0.3) is 0 Å². The molecule has 1 N–H and O–H groups in total. The monoisotopic (exact) mass is 350 g/mol. The van der Waals surface area contributed by atoms with Crippen LogP contribution >= 0.6 is 0 Å². The van der Waals surface area contributed by atoms with Gasteiger partial charge in [-0.05, 0) is 43.4 Å². The quantitative estimate of drug-likeness (QED) is 0.330. The fourth-order valence-corrected chi connectivity index (χ4v) is 4.39. The van der Waals surface area contributed by atoms with E-state index in [0.717, 1.165) is 38.5 Å². The molecule has 0 amide bonds. The molecule has 0 bridgehead atoms. The van der Waals surface area contributed by atoms with E-state index in [9.17, 15) is 9.90 Å². The second-order valence-electron chi connectivity index (χ2n) is 8.36. The molecule has 25 heavy (non-hydrogen) atoms. The first-order valence-electron chi connectivity index (χ1n) is 10.9. The van der Waals surface area contributed by atoms with Crippen LogP contribution in [-0.4, -0.2) is 17.0 Å². The molecule has 0 saturated heterocycles. The minimum atomic E-state index is -0.463. The number of unbranched alkanes of at least 4 members (excludes halogenated alkanes) is 6. The van der Waals surface area contributed by atoms with E-state index in [0.29, 0.717) is 24.0 Å². The number of rotatable bonds is 12. The highest BCUT2D eigenvalue weighted by molar-refractivity contribution is 5.83. The van der Waals surface area contributed by atoms with Crippen LogP contribution < -0.4 is 0 Å². The Morgan fingerprint density at radius 2 is 1.76 bits per heavy atom. The first-order valence-corrected chi connectivity index (χ1v) is 10.9. The van der Waals surface area contributed by atoms with Gasteiger partial charge in [-0.2, -0.15) is 0 Å². The summed E-state index contributed by atoms with van der Waals surface area (Å²) in [5.41, 5.74) is 0. The Morgan fingerprint density at radius 1 is 1.08 bits per heavy atom. The fourth-order valence-electron chi connectivity index (χ4n) is 4.39. The smallest absolute Gasteiger partial charge is 0.139 e. The zero-order valence-corrected chi connectivity index (χ0v) is 17.2. The summed E-state index contributed by atoms with van der Waals surface area (Å²) in [6.07, 6.45) is 16.1. The summed E-state index contributed by atoms with van der Waals surface area (Å²) in [6, 6.07) is 0. The number of allylic oxidation sites excluding steroid dienone is 2. The van der Waals surface area contributed by atoms with Gasteiger partial charge in [0.15, 0.2) is 0 Å². The molecule has 0 aromatic heterocycles. The average molecular weight is 351 g/mol. The molecule has 1 aliphatic rings. The van der Waals surface area contributed by atoms with Crippen molar-refractivity contribution in [3.8, 4) is 0 Å². The van der Waals surface area contributed by atoms with Crippen LogP contribution in [0.2, 0.25) is 0 Å². The molecule has 146 valence electrons. The van der Waals surface area contributed by atoms with Crippen LogP contribution in [0.3, 0.4) is 0 Å². The van der Waals surface area contributed by atoms with E-state index >= 15 is 0 Å². The van der Waals surface area contributed by atoms with Gasteiger partial charge >= 0.3 is 0 Å². The summed E-state index contributed by atoms with van der Waals surface area (Å²) in [6.45, 7) is 8.95. The van der Waals surface area contributed by atoms with Crippen molar-refractivity contribution < 1.29 is 9.90 Å². The maximum Gasteiger partial charge on any atom is 0.139 e. The predicted octanol–water partition coefficient (Wildman–Crippen LogP) is 6.32. The van der Waals surface area contributed by atoms with Crippen molar-refractivity contribution in [1.29, 1.82) is 0 Å². The zero-order valence-electron chi connectivity index (χ0n) is 17.2. The Kier molecular flexibility index (Phi) is 11.4.